The number of esters is 1. The van der Waals surface area contributed by atoms with E-state index in [2.05, 4.69) is 50.2 Å². The topological polar surface area (TPSA) is 47.9 Å². The second-order valence-corrected chi connectivity index (χ2v) is 9.34. The summed E-state index contributed by atoms with van der Waals surface area (Å²) in [5.74, 6) is 0.464. The molecule has 1 heterocycles. The quantitative estimate of drug-likeness (QED) is 0.182. The van der Waals surface area contributed by atoms with Crippen molar-refractivity contribution in [2.45, 2.75) is 6.61 Å². The zero-order valence-electron chi connectivity index (χ0n) is 15.4. The van der Waals surface area contributed by atoms with E-state index >= 15 is 0 Å². The lowest BCUT2D eigenvalue weighted by Crippen LogP contribution is -2.06. The van der Waals surface area contributed by atoms with E-state index < -0.39 is 5.97 Å². The Morgan fingerprint density at radius 1 is 0.967 bits per heavy atom. The van der Waals surface area contributed by atoms with Crippen LogP contribution in [-0.2, 0) is 16.1 Å². The van der Waals surface area contributed by atoms with E-state index in [0.29, 0.717) is 17.2 Å². The zero-order valence-corrected chi connectivity index (χ0v) is 20.5. The van der Waals surface area contributed by atoms with Crippen LogP contribution in [0.3, 0.4) is 0 Å². The summed E-state index contributed by atoms with van der Waals surface area (Å²) in [6, 6.07) is 21.1. The van der Waals surface area contributed by atoms with Crippen LogP contribution in [0, 0.1) is 7.14 Å². The lowest BCUT2D eigenvalue weighted by molar-refractivity contribution is -0.129. The van der Waals surface area contributed by atoms with Crippen LogP contribution in [0.5, 0.6) is 5.75 Å². The summed E-state index contributed by atoms with van der Waals surface area (Å²) in [6.45, 7) is 0.494. The Bertz CT molecular complexity index is 1160. The van der Waals surface area contributed by atoms with Gasteiger partial charge in [-0.25, -0.2) is 9.79 Å². The van der Waals surface area contributed by atoms with E-state index in [9.17, 15) is 4.79 Å². The number of benzene rings is 3. The Labute approximate surface area is 206 Å². The monoisotopic (exact) mass is 641 g/mol. The molecule has 150 valence electrons. The molecule has 0 amide bonds. The number of aliphatic imine (C=N–C) groups is 1. The van der Waals surface area contributed by atoms with Crippen molar-refractivity contribution >= 4 is 74.7 Å². The van der Waals surface area contributed by atoms with E-state index in [1.165, 1.54) is 3.57 Å². The standard InChI is InChI=1S/C23H14ClI2NO3/c24-20-10-7-17(26)12-19(20)22-27-21(23(28)30-22)11-14-3-8-18(9-4-14)29-13-15-1-5-16(25)6-2-15/h1-12H,13H2/b21-11-. The molecule has 3 aromatic carbocycles. The molecule has 1 aliphatic rings. The van der Waals surface area contributed by atoms with Crippen molar-refractivity contribution in [2.24, 2.45) is 4.99 Å². The van der Waals surface area contributed by atoms with Crippen LogP contribution in [0.15, 0.2) is 77.4 Å². The van der Waals surface area contributed by atoms with E-state index in [0.717, 1.165) is 20.4 Å². The third-order valence-corrected chi connectivity index (χ3v) is 6.00. The molecule has 7 heteroatoms. The third kappa shape index (κ3) is 5.22. The van der Waals surface area contributed by atoms with E-state index in [-0.39, 0.29) is 11.6 Å². The molecule has 0 saturated carbocycles. The molecule has 0 fully saturated rings. The maximum absolute atomic E-state index is 12.2. The highest BCUT2D eigenvalue weighted by atomic mass is 127. The van der Waals surface area contributed by atoms with Gasteiger partial charge in [-0.3, -0.25) is 0 Å². The number of hydrogen-bond donors (Lipinski definition) is 0. The highest BCUT2D eigenvalue weighted by Crippen LogP contribution is 2.26. The lowest BCUT2D eigenvalue weighted by atomic mass is 10.2. The number of nitrogens with zero attached hydrogens (tertiary/aromatic N) is 1. The second kappa shape index (κ2) is 9.49. The molecule has 0 bridgehead atoms. The number of cyclic esters (lactones) is 1. The van der Waals surface area contributed by atoms with Gasteiger partial charge in [0.1, 0.15) is 12.4 Å². The summed E-state index contributed by atoms with van der Waals surface area (Å²) in [4.78, 5) is 16.6. The van der Waals surface area contributed by atoms with Crippen LogP contribution < -0.4 is 4.74 Å². The van der Waals surface area contributed by atoms with Crippen molar-refractivity contribution in [3.8, 4) is 5.75 Å². The van der Waals surface area contributed by atoms with Gasteiger partial charge in [-0.15, -0.1) is 0 Å². The lowest BCUT2D eigenvalue weighted by Gasteiger charge is -2.06. The number of halogens is 3. The molecule has 0 aromatic heterocycles. The molecule has 0 atom stereocenters. The minimum atomic E-state index is -0.501. The molecule has 4 nitrogen and oxygen atoms in total. The zero-order chi connectivity index (χ0) is 21.1. The highest BCUT2D eigenvalue weighted by Gasteiger charge is 2.25. The fourth-order valence-electron chi connectivity index (χ4n) is 2.75. The normalized spacial score (nSPS) is 14.6. The van der Waals surface area contributed by atoms with Gasteiger partial charge in [-0.1, -0.05) is 35.9 Å². The van der Waals surface area contributed by atoms with Crippen molar-refractivity contribution in [3.63, 3.8) is 0 Å². The van der Waals surface area contributed by atoms with Crippen LogP contribution >= 0.6 is 56.8 Å². The number of carbonyl (C=O) groups is 1. The largest absolute Gasteiger partial charge is 0.489 e. The molecule has 30 heavy (non-hydrogen) atoms. The number of hydrogen-bond acceptors (Lipinski definition) is 4. The van der Waals surface area contributed by atoms with Gasteiger partial charge < -0.3 is 9.47 Å². The maximum Gasteiger partial charge on any atom is 0.363 e. The first-order valence-electron chi connectivity index (χ1n) is 8.93. The summed E-state index contributed by atoms with van der Waals surface area (Å²) < 4.78 is 13.3. The number of carbonyl (C=O) groups excluding carboxylic acids is 1. The van der Waals surface area contributed by atoms with Crippen molar-refractivity contribution in [2.75, 3.05) is 0 Å². The fraction of sp³-hybridized carbons (Fsp3) is 0.0435. The van der Waals surface area contributed by atoms with E-state index in [1.54, 1.807) is 12.1 Å². The van der Waals surface area contributed by atoms with Crippen LogP contribution in [0.1, 0.15) is 16.7 Å². The number of rotatable bonds is 5. The molecule has 0 saturated heterocycles. The van der Waals surface area contributed by atoms with Gasteiger partial charge in [0.05, 0.1) is 10.6 Å². The van der Waals surface area contributed by atoms with Crippen LogP contribution in [-0.4, -0.2) is 11.9 Å². The van der Waals surface area contributed by atoms with Crippen molar-refractivity contribution < 1.29 is 14.3 Å². The summed E-state index contributed by atoms with van der Waals surface area (Å²) >= 11 is 10.7. The first kappa shape index (κ1) is 21.3. The molecule has 0 radical (unpaired) electrons. The summed E-state index contributed by atoms with van der Waals surface area (Å²) in [7, 11) is 0. The van der Waals surface area contributed by atoms with E-state index in [4.69, 9.17) is 21.1 Å². The molecule has 0 unspecified atom stereocenters. The molecular formula is C23H14ClI2NO3. The van der Waals surface area contributed by atoms with Crippen molar-refractivity contribution in [1.29, 1.82) is 0 Å². The van der Waals surface area contributed by atoms with Gasteiger partial charge in [0.25, 0.3) is 0 Å². The average molecular weight is 642 g/mol. The van der Waals surface area contributed by atoms with E-state index in [1.807, 2.05) is 60.7 Å². The minimum Gasteiger partial charge on any atom is -0.489 e. The third-order valence-electron chi connectivity index (χ3n) is 4.28. The Hall–Kier alpha value is -1.91. The minimum absolute atomic E-state index is 0.215. The summed E-state index contributed by atoms with van der Waals surface area (Å²) in [6.07, 6.45) is 1.68. The molecular weight excluding hydrogens is 628 g/mol. The Balaban J connectivity index is 1.47. The molecule has 0 N–H and O–H groups in total. The van der Waals surface area contributed by atoms with Gasteiger partial charge in [0.2, 0.25) is 5.90 Å². The summed E-state index contributed by atoms with van der Waals surface area (Å²) in [5, 5.41) is 0.484. The molecule has 1 aliphatic heterocycles. The first-order chi connectivity index (χ1) is 14.5. The van der Waals surface area contributed by atoms with Crippen LogP contribution in [0.4, 0.5) is 0 Å². The van der Waals surface area contributed by atoms with Crippen LogP contribution in [0.2, 0.25) is 5.02 Å². The molecule has 0 spiro atoms. The SMILES string of the molecule is O=C1OC(c2cc(I)ccc2Cl)=N/C1=C\c1ccc(OCc2ccc(I)cc2)cc1. The number of ether oxygens (including phenoxy) is 2. The molecule has 3 aromatic rings. The Kier molecular flexibility index (Phi) is 6.74. The van der Waals surface area contributed by atoms with Gasteiger partial charge in [0, 0.05) is 7.14 Å². The van der Waals surface area contributed by atoms with Gasteiger partial charge >= 0.3 is 5.97 Å². The van der Waals surface area contributed by atoms with Gasteiger partial charge in [-0.2, -0.15) is 0 Å². The smallest absolute Gasteiger partial charge is 0.363 e. The molecule has 4 rings (SSSR count). The van der Waals surface area contributed by atoms with Crippen molar-refractivity contribution in [3.05, 3.63) is 101 Å². The second-order valence-electron chi connectivity index (χ2n) is 6.44. The van der Waals surface area contributed by atoms with Gasteiger partial charge in [-0.05, 0) is 105 Å². The Morgan fingerprint density at radius 3 is 2.40 bits per heavy atom. The molecule has 0 aliphatic carbocycles. The predicted molar refractivity (Wildman–Crippen MR) is 135 cm³/mol. The highest BCUT2D eigenvalue weighted by molar-refractivity contribution is 14.1. The Morgan fingerprint density at radius 2 is 1.67 bits per heavy atom. The maximum atomic E-state index is 12.2. The van der Waals surface area contributed by atoms with Crippen LogP contribution in [0.25, 0.3) is 6.08 Å². The summed E-state index contributed by atoms with van der Waals surface area (Å²) in [5.41, 5.74) is 2.75. The fourth-order valence-corrected chi connectivity index (χ4v) is 3.80. The first-order valence-corrected chi connectivity index (χ1v) is 11.5. The van der Waals surface area contributed by atoms with Gasteiger partial charge in [0.15, 0.2) is 5.70 Å². The average Bonchev–Trinajstić information content (AvgIpc) is 3.10. The predicted octanol–water partition coefficient (Wildman–Crippen LogP) is 6.47. The van der Waals surface area contributed by atoms with Crippen molar-refractivity contribution in [1.82, 2.24) is 0 Å².